The predicted molar refractivity (Wildman–Crippen MR) is 108 cm³/mol. The van der Waals surface area contributed by atoms with Crippen LogP contribution in [-0.2, 0) is 4.79 Å². The molecule has 5 N–H and O–H groups in total. The van der Waals surface area contributed by atoms with Crippen LogP contribution in [0.1, 0.15) is 34.7 Å². The molecule has 0 fully saturated rings. The topological polar surface area (TPSA) is 122 Å². The Hall–Kier alpha value is -2.77. The van der Waals surface area contributed by atoms with Crippen LogP contribution < -0.4 is 16.4 Å². The number of aromatic carboxylic acids is 1. The second kappa shape index (κ2) is 9.96. The molecule has 2 atom stereocenters. The van der Waals surface area contributed by atoms with Gasteiger partial charge in [-0.3, -0.25) is 4.79 Å². The van der Waals surface area contributed by atoms with Crippen LogP contribution in [0.2, 0.25) is 5.02 Å². The summed E-state index contributed by atoms with van der Waals surface area (Å²) in [6.07, 6.45) is 0.381. The normalized spacial score (nSPS) is 12.6. The lowest BCUT2D eigenvalue weighted by atomic mass is 9.89. The van der Waals surface area contributed by atoms with Crippen LogP contribution >= 0.6 is 23.2 Å². The van der Waals surface area contributed by atoms with Crippen molar-refractivity contribution in [1.29, 1.82) is 0 Å². The Bertz CT molecular complexity index is 859. The van der Waals surface area contributed by atoms with Crippen LogP contribution in [0.4, 0.5) is 10.5 Å². The lowest BCUT2D eigenvalue weighted by Crippen LogP contribution is -2.35. The van der Waals surface area contributed by atoms with Gasteiger partial charge >= 0.3 is 12.0 Å². The number of amides is 3. The molecule has 0 saturated carbocycles. The average molecular weight is 424 g/mol. The van der Waals surface area contributed by atoms with Crippen molar-refractivity contribution in [1.82, 2.24) is 5.32 Å². The molecular formula is C19H19Cl2N3O4. The van der Waals surface area contributed by atoms with Gasteiger partial charge in [0.15, 0.2) is 0 Å². The summed E-state index contributed by atoms with van der Waals surface area (Å²) in [6.45, 7) is 0. The van der Waals surface area contributed by atoms with Gasteiger partial charge in [-0.15, -0.1) is 0 Å². The van der Waals surface area contributed by atoms with Crippen molar-refractivity contribution in [3.8, 4) is 0 Å². The van der Waals surface area contributed by atoms with Crippen molar-refractivity contribution < 1.29 is 19.5 Å². The Labute approximate surface area is 171 Å². The van der Waals surface area contributed by atoms with E-state index >= 15 is 0 Å². The quantitative estimate of drug-likeness (QED) is 0.381. The molecule has 0 saturated heterocycles. The van der Waals surface area contributed by atoms with Crippen LogP contribution in [-0.4, -0.2) is 28.5 Å². The number of carbonyl (C=O) groups is 3. The van der Waals surface area contributed by atoms with E-state index in [2.05, 4.69) is 10.6 Å². The Morgan fingerprint density at radius 2 is 1.68 bits per heavy atom. The number of anilines is 1. The van der Waals surface area contributed by atoms with Crippen LogP contribution in [0, 0.1) is 0 Å². The molecule has 2 aromatic carbocycles. The van der Waals surface area contributed by atoms with E-state index in [4.69, 9.17) is 28.9 Å². The minimum Gasteiger partial charge on any atom is -0.478 e. The number of hydrogen-bond donors (Lipinski definition) is 4. The Morgan fingerprint density at radius 3 is 2.29 bits per heavy atom. The molecule has 0 bridgehead atoms. The summed E-state index contributed by atoms with van der Waals surface area (Å²) in [6, 6.07) is 12.2. The Morgan fingerprint density at radius 1 is 1.04 bits per heavy atom. The highest BCUT2D eigenvalue weighted by Gasteiger charge is 2.24. The van der Waals surface area contributed by atoms with E-state index in [0.717, 1.165) is 0 Å². The van der Waals surface area contributed by atoms with Gasteiger partial charge in [0.1, 0.15) is 5.50 Å². The zero-order valence-corrected chi connectivity index (χ0v) is 16.2. The molecule has 2 aromatic rings. The van der Waals surface area contributed by atoms with Crippen molar-refractivity contribution in [2.45, 2.75) is 24.3 Å². The second-order valence-electron chi connectivity index (χ2n) is 6.00. The van der Waals surface area contributed by atoms with E-state index in [1.807, 2.05) is 0 Å². The van der Waals surface area contributed by atoms with E-state index in [9.17, 15) is 19.5 Å². The molecular weight excluding hydrogens is 405 g/mol. The van der Waals surface area contributed by atoms with Gasteiger partial charge in [0, 0.05) is 10.7 Å². The van der Waals surface area contributed by atoms with Gasteiger partial charge in [-0.2, -0.15) is 0 Å². The number of nitrogens with two attached hydrogens (primary N) is 1. The van der Waals surface area contributed by atoms with Gasteiger partial charge in [-0.1, -0.05) is 41.4 Å². The fourth-order valence-corrected chi connectivity index (χ4v) is 3.03. The molecule has 0 aliphatic heterocycles. The largest absolute Gasteiger partial charge is 0.478 e. The van der Waals surface area contributed by atoms with Gasteiger partial charge in [-0.05, 0) is 48.7 Å². The predicted octanol–water partition coefficient (Wildman–Crippen LogP) is 3.77. The number of carboxylic acids is 1. The number of alkyl halides is 1. The molecule has 9 heteroatoms. The summed E-state index contributed by atoms with van der Waals surface area (Å²) in [4.78, 5) is 35.2. The highest BCUT2D eigenvalue weighted by atomic mass is 35.5. The first-order chi connectivity index (χ1) is 13.3. The molecule has 0 aliphatic rings. The number of rotatable bonds is 8. The number of urea groups is 1. The molecule has 0 aliphatic carbocycles. The lowest BCUT2D eigenvalue weighted by Gasteiger charge is -2.18. The maximum Gasteiger partial charge on any atom is 0.335 e. The number of benzene rings is 2. The van der Waals surface area contributed by atoms with Crippen molar-refractivity contribution in [2.24, 2.45) is 5.73 Å². The number of carbonyl (C=O) groups excluding carboxylic acids is 2. The van der Waals surface area contributed by atoms with Crippen LogP contribution in [0.25, 0.3) is 0 Å². The van der Waals surface area contributed by atoms with Crippen molar-refractivity contribution >= 4 is 46.8 Å². The number of halogens is 2. The first-order valence-corrected chi connectivity index (χ1v) is 9.18. The lowest BCUT2D eigenvalue weighted by molar-refractivity contribution is -0.119. The first-order valence-electron chi connectivity index (χ1n) is 8.36. The van der Waals surface area contributed by atoms with E-state index < -0.39 is 29.3 Å². The number of hydrogen-bond acceptors (Lipinski definition) is 3. The summed E-state index contributed by atoms with van der Waals surface area (Å²) >= 11 is 11.9. The standard InChI is InChI=1S/C19H19Cl2N3O4/c20-11-5-7-12(8-6-11)23-19(28)24-16(21)10-9-14(17(22)25)13-3-1-2-4-15(13)18(26)27/h1-8,14,16H,9-10H2,(H2,22,25)(H,26,27)(H2,23,24,28). The van der Waals surface area contributed by atoms with Crippen LogP contribution in [0.15, 0.2) is 48.5 Å². The molecule has 2 rings (SSSR count). The maximum absolute atomic E-state index is 12.0. The van der Waals surface area contributed by atoms with Gasteiger partial charge in [0.2, 0.25) is 5.91 Å². The van der Waals surface area contributed by atoms with E-state index in [0.29, 0.717) is 16.3 Å². The smallest absolute Gasteiger partial charge is 0.335 e. The van der Waals surface area contributed by atoms with Crippen molar-refractivity contribution in [2.75, 3.05) is 5.32 Å². The van der Waals surface area contributed by atoms with Gasteiger partial charge in [-0.25, -0.2) is 9.59 Å². The van der Waals surface area contributed by atoms with Gasteiger partial charge < -0.3 is 21.5 Å². The van der Waals surface area contributed by atoms with Crippen LogP contribution in [0.3, 0.4) is 0 Å². The van der Waals surface area contributed by atoms with Crippen molar-refractivity contribution in [3.05, 3.63) is 64.7 Å². The highest BCUT2D eigenvalue weighted by molar-refractivity contribution is 6.30. The molecule has 2 unspecified atom stereocenters. The Kier molecular flexibility index (Phi) is 7.66. The Balaban J connectivity index is 1.96. The van der Waals surface area contributed by atoms with Gasteiger partial charge in [0.05, 0.1) is 11.5 Å². The first kappa shape index (κ1) is 21.5. The molecule has 0 spiro atoms. The summed E-state index contributed by atoms with van der Waals surface area (Å²) in [5.74, 6) is -2.65. The number of primary amides is 1. The van der Waals surface area contributed by atoms with Crippen LogP contribution in [0.5, 0.6) is 0 Å². The molecule has 3 amide bonds. The third-order valence-corrected chi connectivity index (χ3v) is 4.59. The molecule has 0 radical (unpaired) electrons. The third kappa shape index (κ3) is 6.14. The van der Waals surface area contributed by atoms with E-state index in [1.165, 1.54) is 6.07 Å². The number of nitrogens with one attached hydrogen (secondary N) is 2. The monoisotopic (exact) mass is 423 g/mol. The zero-order valence-electron chi connectivity index (χ0n) is 14.7. The third-order valence-electron chi connectivity index (χ3n) is 4.01. The summed E-state index contributed by atoms with van der Waals surface area (Å²) in [7, 11) is 0. The average Bonchev–Trinajstić information content (AvgIpc) is 2.63. The second-order valence-corrected chi connectivity index (χ2v) is 6.96. The summed E-state index contributed by atoms with van der Waals surface area (Å²) in [5, 5.41) is 15.0. The fourth-order valence-electron chi connectivity index (χ4n) is 2.67. The van der Waals surface area contributed by atoms with E-state index in [-0.39, 0.29) is 18.4 Å². The minimum atomic E-state index is -1.15. The number of carboxylic acid groups (broad SMARTS) is 1. The maximum atomic E-state index is 12.0. The molecule has 0 heterocycles. The molecule has 28 heavy (non-hydrogen) atoms. The fraction of sp³-hybridized carbons (Fsp3) is 0.211. The van der Waals surface area contributed by atoms with E-state index in [1.54, 1.807) is 42.5 Å². The SMILES string of the molecule is NC(=O)C(CCC(Cl)NC(=O)Nc1ccc(Cl)cc1)c1ccccc1C(=O)O. The summed E-state index contributed by atoms with van der Waals surface area (Å²) in [5.41, 5.74) is 5.53. The van der Waals surface area contributed by atoms with Gasteiger partial charge in [0.25, 0.3) is 0 Å². The molecule has 7 nitrogen and oxygen atoms in total. The highest BCUT2D eigenvalue weighted by Crippen LogP contribution is 2.26. The summed E-state index contributed by atoms with van der Waals surface area (Å²) < 4.78 is 0. The molecule has 0 aromatic heterocycles. The van der Waals surface area contributed by atoms with Crippen molar-refractivity contribution in [3.63, 3.8) is 0 Å². The minimum absolute atomic E-state index is 0.00543. The zero-order chi connectivity index (χ0) is 20.7. The molecule has 148 valence electrons.